The fourth-order valence-corrected chi connectivity index (χ4v) is 2.93. The molecule has 0 bridgehead atoms. The molecule has 0 aliphatic rings. The van der Waals surface area contributed by atoms with E-state index in [1.54, 1.807) is 0 Å². The quantitative estimate of drug-likeness (QED) is 0.618. The van der Waals surface area contributed by atoms with E-state index in [0.717, 1.165) is 12.8 Å². The molecule has 1 aromatic heterocycles. The van der Waals surface area contributed by atoms with E-state index in [4.69, 9.17) is 4.98 Å². The standard InChI is InChI=1S/C19H36N2/c1-9-12-13-18(6,7)16-15(14(4)5)20-17(21-16)19(8,10-2)11-3/h14H,9-13H2,1-8H3,(H,20,21). The van der Waals surface area contributed by atoms with Gasteiger partial charge >= 0.3 is 0 Å². The Morgan fingerprint density at radius 3 is 2.05 bits per heavy atom. The van der Waals surface area contributed by atoms with Crippen LogP contribution in [0.2, 0.25) is 0 Å². The van der Waals surface area contributed by atoms with Gasteiger partial charge in [0.05, 0.1) is 5.69 Å². The van der Waals surface area contributed by atoms with Crippen LogP contribution in [0.5, 0.6) is 0 Å². The number of imidazole rings is 1. The molecule has 21 heavy (non-hydrogen) atoms. The summed E-state index contributed by atoms with van der Waals surface area (Å²) in [4.78, 5) is 8.79. The van der Waals surface area contributed by atoms with Crippen molar-refractivity contribution in [2.24, 2.45) is 0 Å². The topological polar surface area (TPSA) is 28.7 Å². The van der Waals surface area contributed by atoms with E-state index in [2.05, 4.69) is 60.4 Å². The molecule has 0 atom stereocenters. The van der Waals surface area contributed by atoms with E-state index < -0.39 is 0 Å². The van der Waals surface area contributed by atoms with Gasteiger partial charge in [-0.25, -0.2) is 4.98 Å². The van der Waals surface area contributed by atoms with Gasteiger partial charge in [0, 0.05) is 16.5 Å². The summed E-state index contributed by atoms with van der Waals surface area (Å²) in [7, 11) is 0. The van der Waals surface area contributed by atoms with E-state index in [0.29, 0.717) is 5.92 Å². The Morgan fingerprint density at radius 1 is 1.05 bits per heavy atom. The lowest BCUT2D eigenvalue weighted by Crippen LogP contribution is -2.23. The zero-order valence-corrected chi connectivity index (χ0v) is 15.6. The molecule has 0 saturated carbocycles. The van der Waals surface area contributed by atoms with Crippen molar-refractivity contribution in [1.82, 2.24) is 9.97 Å². The zero-order chi connectivity index (χ0) is 16.3. The highest BCUT2D eigenvalue weighted by molar-refractivity contribution is 5.28. The number of aromatic amines is 1. The normalized spacial score (nSPS) is 13.2. The fraction of sp³-hybridized carbons (Fsp3) is 0.842. The largest absolute Gasteiger partial charge is 0.345 e. The van der Waals surface area contributed by atoms with Crippen molar-refractivity contribution in [1.29, 1.82) is 0 Å². The van der Waals surface area contributed by atoms with Crippen LogP contribution >= 0.6 is 0 Å². The minimum atomic E-state index is 0.169. The smallest absolute Gasteiger partial charge is 0.112 e. The SMILES string of the molecule is CCCCC(C)(C)c1[nH]c(C(C)(CC)CC)nc1C(C)C. The number of rotatable bonds is 8. The molecular formula is C19H36N2. The summed E-state index contributed by atoms with van der Waals surface area (Å²) in [6.45, 7) is 18.4. The maximum Gasteiger partial charge on any atom is 0.112 e. The van der Waals surface area contributed by atoms with Crippen LogP contribution in [0.1, 0.15) is 111 Å². The van der Waals surface area contributed by atoms with Crippen LogP contribution in [0, 0.1) is 0 Å². The molecular weight excluding hydrogens is 256 g/mol. The van der Waals surface area contributed by atoms with Gasteiger partial charge in [-0.1, -0.05) is 68.2 Å². The molecule has 0 fully saturated rings. The highest BCUT2D eigenvalue weighted by atomic mass is 15.0. The molecule has 1 aromatic rings. The summed E-state index contributed by atoms with van der Waals surface area (Å²) in [5.41, 5.74) is 3.00. The van der Waals surface area contributed by atoms with E-state index in [1.807, 2.05) is 0 Å². The van der Waals surface area contributed by atoms with Gasteiger partial charge in [-0.15, -0.1) is 0 Å². The van der Waals surface area contributed by atoms with Crippen LogP contribution < -0.4 is 0 Å². The van der Waals surface area contributed by atoms with Crippen molar-refractivity contribution in [3.63, 3.8) is 0 Å². The van der Waals surface area contributed by atoms with Crippen molar-refractivity contribution in [3.05, 3.63) is 17.2 Å². The third kappa shape index (κ3) is 3.90. The highest BCUT2D eigenvalue weighted by Gasteiger charge is 2.32. The van der Waals surface area contributed by atoms with Crippen LogP contribution in [-0.4, -0.2) is 9.97 Å². The second-order valence-corrected chi connectivity index (χ2v) is 7.76. The Kier molecular flexibility index (Phi) is 6.07. The third-order valence-corrected chi connectivity index (χ3v) is 5.24. The molecule has 0 amide bonds. The van der Waals surface area contributed by atoms with Gasteiger partial charge in [-0.2, -0.15) is 0 Å². The monoisotopic (exact) mass is 292 g/mol. The molecule has 0 unspecified atom stereocenters. The number of hydrogen-bond donors (Lipinski definition) is 1. The summed E-state index contributed by atoms with van der Waals surface area (Å²) in [6, 6.07) is 0. The molecule has 1 rings (SSSR count). The first-order chi connectivity index (χ1) is 9.71. The summed E-state index contributed by atoms with van der Waals surface area (Å²) in [5.74, 6) is 1.67. The predicted octanol–water partition coefficient (Wildman–Crippen LogP) is 6.08. The van der Waals surface area contributed by atoms with E-state index in [-0.39, 0.29) is 10.8 Å². The van der Waals surface area contributed by atoms with Crippen molar-refractivity contribution < 1.29 is 0 Å². The van der Waals surface area contributed by atoms with Gasteiger partial charge in [0.15, 0.2) is 0 Å². The summed E-state index contributed by atoms with van der Waals surface area (Å²) >= 11 is 0. The minimum absolute atomic E-state index is 0.169. The van der Waals surface area contributed by atoms with Crippen molar-refractivity contribution in [3.8, 4) is 0 Å². The van der Waals surface area contributed by atoms with E-state index >= 15 is 0 Å². The Balaban J connectivity index is 3.28. The maximum absolute atomic E-state index is 5.04. The molecule has 2 nitrogen and oxygen atoms in total. The second kappa shape index (κ2) is 6.98. The zero-order valence-electron chi connectivity index (χ0n) is 15.6. The van der Waals surface area contributed by atoms with Crippen molar-refractivity contribution in [2.75, 3.05) is 0 Å². The summed E-state index contributed by atoms with van der Waals surface area (Å²) in [6.07, 6.45) is 6.01. The second-order valence-electron chi connectivity index (χ2n) is 7.76. The molecule has 0 radical (unpaired) electrons. The van der Waals surface area contributed by atoms with Gasteiger partial charge in [0.25, 0.3) is 0 Å². The lowest BCUT2D eigenvalue weighted by Gasteiger charge is -2.26. The van der Waals surface area contributed by atoms with Gasteiger partial charge in [0.2, 0.25) is 0 Å². The molecule has 0 aromatic carbocycles. The van der Waals surface area contributed by atoms with E-state index in [1.165, 1.54) is 36.5 Å². The average molecular weight is 293 g/mol. The molecule has 1 heterocycles. The number of unbranched alkanes of at least 4 members (excludes halogenated alkanes) is 1. The summed E-state index contributed by atoms with van der Waals surface area (Å²) in [5, 5.41) is 0. The average Bonchev–Trinajstić information content (AvgIpc) is 2.91. The van der Waals surface area contributed by atoms with Gasteiger partial charge < -0.3 is 4.98 Å². The Bertz CT molecular complexity index is 436. The first-order valence-corrected chi connectivity index (χ1v) is 8.82. The lowest BCUT2D eigenvalue weighted by atomic mass is 9.81. The van der Waals surface area contributed by atoms with Crippen LogP contribution in [-0.2, 0) is 10.8 Å². The van der Waals surface area contributed by atoms with Gasteiger partial charge in [-0.3, -0.25) is 0 Å². The molecule has 2 heteroatoms. The number of hydrogen-bond acceptors (Lipinski definition) is 1. The number of nitrogens with one attached hydrogen (secondary N) is 1. The predicted molar refractivity (Wildman–Crippen MR) is 93.2 cm³/mol. The van der Waals surface area contributed by atoms with E-state index in [9.17, 15) is 0 Å². The molecule has 0 aliphatic carbocycles. The van der Waals surface area contributed by atoms with Crippen LogP contribution in [0.15, 0.2) is 0 Å². The Hall–Kier alpha value is -0.790. The number of nitrogens with zero attached hydrogens (tertiary/aromatic N) is 1. The molecule has 122 valence electrons. The summed E-state index contributed by atoms with van der Waals surface area (Å²) < 4.78 is 0. The fourth-order valence-electron chi connectivity index (χ4n) is 2.93. The van der Waals surface area contributed by atoms with Crippen LogP contribution in [0.4, 0.5) is 0 Å². The van der Waals surface area contributed by atoms with Crippen molar-refractivity contribution in [2.45, 2.75) is 104 Å². The number of aromatic nitrogens is 2. The number of H-pyrrole nitrogens is 1. The van der Waals surface area contributed by atoms with Crippen molar-refractivity contribution >= 4 is 0 Å². The van der Waals surface area contributed by atoms with Gasteiger partial charge in [0.1, 0.15) is 5.82 Å². The molecule has 0 saturated heterocycles. The minimum Gasteiger partial charge on any atom is -0.345 e. The highest BCUT2D eigenvalue weighted by Crippen LogP contribution is 2.37. The first-order valence-electron chi connectivity index (χ1n) is 8.82. The first kappa shape index (κ1) is 18.3. The van der Waals surface area contributed by atoms with Crippen LogP contribution in [0.25, 0.3) is 0 Å². The molecule has 1 N–H and O–H groups in total. The molecule has 0 spiro atoms. The Morgan fingerprint density at radius 2 is 1.62 bits per heavy atom. The van der Waals surface area contributed by atoms with Crippen LogP contribution in [0.3, 0.4) is 0 Å². The maximum atomic E-state index is 5.04. The molecule has 0 aliphatic heterocycles. The van der Waals surface area contributed by atoms with Gasteiger partial charge in [-0.05, 0) is 25.2 Å². The third-order valence-electron chi connectivity index (χ3n) is 5.24. The lowest BCUT2D eigenvalue weighted by molar-refractivity contribution is 0.408. The Labute approximate surface area is 132 Å².